The zero-order valence-corrected chi connectivity index (χ0v) is 23.2. The third-order valence-corrected chi connectivity index (χ3v) is 6.36. The van der Waals surface area contributed by atoms with Crippen LogP contribution in [-0.4, -0.2) is 28.4 Å². The number of thiazole rings is 1. The van der Waals surface area contributed by atoms with E-state index in [9.17, 15) is 14.4 Å². The van der Waals surface area contributed by atoms with Crippen LogP contribution in [0, 0.1) is 11.3 Å². The number of hydrogen-bond donors (Lipinski definition) is 2. The molecule has 0 bridgehead atoms. The van der Waals surface area contributed by atoms with E-state index in [1.165, 1.54) is 11.3 Å². The zero-order valence-electron chi connectivity index (χ0n) is 20.0. The highest BCUT2D eigenvalue weighted by atomic mass is 79.9. The van der Waals surface area contributed by atoms with E-state index in [0.29, 0.717) is 26.9 Å². The minimum atomic E-state index is -0.698. The summed E-state index contributed by atoms with van der Waals surface area (Å²) in [4.78, 5) is 41.6. The summed E-state index contributed by atoms with van der Waals surface area (Å²) in [5.41, 5.74) is 6.71. The predicted molar refractivity (Wildman–Crippen MR) is 140 cm³/mol. The van der Waals surface area contributed by atoms with Gasteiger partial charge in [0.25, 0.3) is 5.91 Å². The molecule has 0 aliphatic heterocycles. The van der Waals surface area contributed by atoms with Gasteiger partial charge in [-0.25, -0.2) is 0 Å². The SMILES string of the molecule is CC[C@H](C)[C@H](N)C(=O)OCn1ccs/c1=N\C(=O)c1ccc(NC(=O)CC(C)(C)C)c(Br)c1.Cl. The van der Waals surface area contributed by atoms with Crippen molar-refractivity contribution in [3.05, 3.63) is 44.6 Å². The number of hydrogen-bond acceptors (Lipinski definition) is 6. The summed E-state index contributed by atoms with van der Waals surface area (Å²) >= 11 is 4.66. The fourth-order valence-electron chi connectivity index (χ4n) is 2.78. The Hall–Kier alpha value is -2.01. The molecule has 1 aromatic heterocycles. The number of halogens is 2. The quantitative estimate of drug-likeness (QED) is 0.442. The number of carbonyl (C=O) groups excluding carboxylic acids is 3. The molecule has 1 heterocycles. The molecule has 3 N–H and O–H groups in total. The second-order valence-electron chi connectivity index (χ2n) is 9.06. The topological polar surface area (TPSA) is 116 Å². The molecule has 0 spiro atoms. The maximum Gasteiger partial charge on any atom is 0.324 e. The van der Waals surface area contributed by atoms with Crippen LogP contribution in [0.15, 0.2) is 39.2 Å². The second-order valence-corrected chi connectivity index (χ2v) is 10.8. The lowest BCUT2D eigenvalue weighted by Crippen LogP contribution is -2.38. The molecule has 8 nitrogen and oxygen atoms in total. The predicted octanol–water partition coefficient (Wildman–Crippen LogP) is 4.72. The Bertz CT molecular complexity index is 1080. The monoisotopic (exact) mass is 574 g/mol. The number of aromatic nitrogens is 1. The van der Waals surface area contributed by atoms with Gasteiger partial charge in [-0.3, -0.25) is 19.0 Å². The van der Waals surface area contributed by atoms with E-state index < -0.39 is 17.9 Å². The van der Waals surface area contributed by atoms with Crippen LogP contribution in [-0.2, 0) is 21.1 Å². The number of carbonyl (C=O) groups is 3. The first-order valence-corrected chi connectivity index (χ1v) is 12.3. The van der Waals surface area contributed by atoms with Crippen LogP contribution in [0.5, 0.6) is 0 Å². The summed E-state index contributed by atoms with van der Waals surface area (Å²) in [6.07, 6.45) is 2.83. The molecular weight excluding hydrogens is 544 g/mol. The molecule has 2 atom stereocenters. The number of nitrogens with zero attached hydrogens (tertiary/aromatic N) is 2. The molecule has 0 unspecified atom stereocenters. The number of ether oxygens (including phenoxy) is 1. The van der Waals surface area contributed by atoms with Crippen molar-refractivity contribution in [3.63, 3.8) is 0 Å². The van der Waals surface area contributed by atoms with Gasteiger partial charge in [0.05, 0.1) is 5.69 Å². The van der Waals surface area contributed by atoms with E-state index in [1.54, 1.807) is 34.3 Å². The molecule has 0 radical (unpaired) electrons. The first-order valence-electron chi connectivity index (χ1n) is 10.7. The maximum atomic E-state index is 12.7. The van der Waals surface area contributed by atoms with Gasteiger partial charge in [0.15, 0.2) is 11.5 Å². The number of esters is 1. The van der Waals surface area contributed by atoms with E-state index in [1.807, 2.05) is 34.6 Å². The molecule has 0 saturated carbocycles. The lowest BCUT2D eigenvalue weighted by molar-refractivity contribution is -0.150. The van der Waals surface area contributed by atoms with Crippen LogP contribution >= 0.6 is 39.7 Å². The normalized spacial score (nSPS) is 13.6. The van der Waals surface area contributed by atoms with Crippen LogP contribution in [0.1, 0.15) is 57.8 Å². The summed E-state index contributed by atoms with van der Waals surface area (Å²) in [5, 5.41) is 4.60. The van der Waals surface area contributed by atoms with E-state index in [0.717, 1.165) is 6.42 Å². The average molecular weight is 576 g/mol. The number of benzene rings is 1. The van der Waals surface area contributed by atoms with Gasteiger partial charge in [0.1, 0.15) is 6.04 Å². The maximum absolute atomic E-state index is 12.7. The van der Waals surface area contributed by atoms with Crippen molar-refractivity contribution in [2.75, 3.05) is 5.32 Å². The second kappa shape index (κ2) is 13.2. The highest BCUT2D eigenvalue weighted by molar-refractivity contribution is 9.10. The van der Waals surface area contributed by atoms with Crippen molar-refractivity contribution in [1.29, 1.82) is 0 Å². The molecule has 0 aliphatic carbocycles. The van der Waals surface area contributed by atoms with Gasteiger partial charge in [-0.1, -0.05) is 41.0 Å². The molecule has 34 heavy (non-hydrogen) atoms. The summed E-state index contributed by atoms with van der Waals surface area (Å²) < 4.78 is 7.44. The standard InChI is InChI=1S/C23H31BrN4O4S.ClH/c1-6-14(2)19(25)21(31)32-13-28-9-10-33-22(28)27-20(30)15-7-8-17(16(24)11-15)26-18(29)12-23(3,4)5;/h7-11,14,19H,6,12-13,25H2,1-5H3,(H,26,29);1H/b27-22-;/t14-,19-;/m0./s1. The molecule has 2 rings (SSSR count). The molecular formula is C23H32BrClN4O4S. The lowest BCUT2D eigenvalue weighted by Gasteiger charge is -2.17. The Balaban J connectivity index is 0.00000578. The van der Waals surface area contributed by atoms with Crippen LogP contribution in [0.3, 0.4) is 0 Å². The summed E-state index contributed by atoms with van der Waals surface area (Å²) in [5.74, 6) is -1.04. The fourth-order valence-corrected chi connectivity index (χ4v) is 3.97. The summed E-state index contributed by atoms with van der Waals surface area (Å²) in [6, 6.07) is 4.18. The smallest absolute Gasteiger partial charge is 0.324 e. The Morgan fingerprint density at radius 1 is 1.29 bits per heavy atom. The van der Waals surface area contributed by atoms with Crippen LogP contribution in [0.25, 0.3) is 0 Å². The first kappa shape index (κ1) is 30.0. The van der Waals surface area contributed by atoms with E-state index >= 15 is 0 Å². The highest BCUT2D eigenvalue weighted by Gasteiger charge is 2.21. The van der Waals surface area contributed by atoms with Crippen molar-refractivity contribution in [3.8, 4) is 0 Å². The molecule has 0 aliphatic rings. The Morgan fingerprint density at radius 3 is 2.56 bits per heavy atom. The van der Waals surface area contributed by atoms with E-state index in [2.05, 4.69) is 26.2 Å². The van der Waals surface area contributed by atoms with Gasteiger partial charge in [-0.15, -0.1) is 23.7 Å². The van der Waals surface area contributed by atoms with Gasteiger partial charge < -0.3 is 15.8 Å². The van der Waals surface area contributed by atoms with Crippen LogP contribution < -0.4 is 15.9 Å². The Kier molecular flexibility index (Phi) is 11.6. The fraction of sp³-hybridized carbons (Fsp3) is 0.478. The van der Waals surface area contributed by atoms with Crippen molar-refractivity contribution >= 4 is 63.1 Å². The number of amides is 2. The van der Waals surface area contributed by atoms with E-state index in [4.69, 9.17) is 10.5 Å². The first-order chi connectivity index (χ1) is 15.4. The van der Waals surface area contributed by atoms with Gasteiger partial charge >= 0.3 is 5.97 Å². The molecule has 0 saturated heterocycles. The van der Waals surface area contributed by atoms with Gasteiger partial charge in [0.2, 0.25) is 5.91 Å². The van der Waals surface area contributed by atoms with Crippen LogP contribution in [0.4, 0.5) is 5.69 Å². The van der Waals surface area contributed by atoms with Crippen LogP contribution in [0.2, 0.25) is 0 Å². The molecule has 188 valence electrons. The van der Waals surface area contributed by atoms with Gasteiger partial charge in [0, 0.05) is 28.0 Å². The van der Waals surface area contributed by atoms with Crippen molar-refractivity contribution < 1.29 is 19.1 Å². The third kappa shape index (κ3) is 8.98. The molecule has 2 amide bonds. The van der Waals surface area contributed by atoms with E-state index in [-0.39, 0.29) is 36.4 Å². The van der Waals surface area contributed by atoms with Gasteiger partial charge in [-0.05, 0) is 45.5 Å². The Morgan fingerprint density at radius 2 is 1.97 bits per heavy atom. The minimum absolute atomic E-state index is 0. The number of nitrogens with two attached hydrogens (primary N) is 1. The van der Waals surface area contributed by atoms with Crippen molar-refractivity contribution in [2.24, 2.45) is 22.1 Å². The summed E-state index contributed by atoms with van der Waals surface area (Å²) in [7, 11) is 0. The molecule has 1 aromatic carbocycles. The number of nitrogens with one attached hydrogen (secondary N) is 1. The zero-order chi connectivity index (χ0) is 24.8. The van der Waals surface area contributed by atoms with Crippen molar-refractivity contribution in [2.45, 2.75) is 60.2 Å². The molecule has 2 aromatic rings. The highest BCUT2D eigenvalue weighted by Crippen LogP contribution is 2.26. The number of rotatable bonds is 8. The molecule has 0 fully saturated rings. The van der Waals surface area contributed by atoms with Crippen molar-refractivity contribution in [1.82, 2.24) is 4.57 Å². The lowest BCUT2D eigenvalue weighted by atomic mass is 9.92. The number of anilines is 1. The minimum Gasteiger partial charge on any atom is -0.443 e. The van der Waals surface area contributed by atoms with Gasteiger partial charge in [-0.2, -0.15) is 4.99 Å². The summed E-state index contributed by atoms with van der Waals surface area (Å²) in [6.45, 7) is 9.73. The largest absolute Gasteiger partial charge is 0.443 e. The molecule has 11 heteroatoms. The third-order valence-electron chi connectivity index (χ3n) is 4.91. The Labute approximate surface area is 218 Å². The average Bonchev–Trinajstić information content (AvgIpc) is 3.17.